The maximum absolute atomic E-state index is 5.72. The molecule has 0 radical (unpaired) electrons. The van der Waals surface area contributed by atoms with Gasteiger partial charge in [-0.15, -0.1) is 0 Å². The van der Waals surface area contributed by atoms with Crippen LogP contribution < -0.4 is 10.1 Å². The first-order valence-corrected chi connectivity index (χ1v) is 7.59. The highest BCUT2D eigenvalue weighted by Gasteiger charge is 2.05. The Kier molecular flexibility index (Phi) is 5.81. The summed E-state index contributed by atoms with van der Waals surface area (Å²) in [6.45, 7) is 8.16. The van der Waals surface area contributed by atoms with Gasteiger partial charge in [-0.2, -0.15) is 5.10 Å². The first-order valence-electron chi connectivity index (χ1n) is 7.59. The molecule has 2 rings (SSSR count). The van der Waals surface area contributed by atoms with Crippen LogP contribution in [0, 0.1) is 5.92 Å². The van der Waals surface area contributed by atoms with Crippen LogP contribution in [0.5, 0.6) is 5.75 Å². The molecule has 1 aromatic heterocycles. The lowest BCUT2D eigenvalue weighted by molar-refractivity contribution is 0.289. The van der Waals surface area contributed by atoms with Gasteiger partial charge in [-0.05, 0) is 37.0 Å². The summed E-state index contributed by atoms with van der Waals surface area (Å²) in [6, 6.07) is 8.59. The SMILES string of the molecule is CC(C)CCOc1ccc(CNC(C)c2cn[nH]c2)cc1. The first-order chi connectivity index (χ1) is 10.1. The van der Waals surface area contributed by atoms with E-state index in [1.165, 1.54) is 11.1 Å². The normalized spacial score (nSPS) is 12.6. The number of nitrogens with one attached hydrogen (secondary N) is 2. The Bertz CT molecular complexity index is 505. The summed E-state index contributed by atoms with van der Waals surface area (Å²) in [4.78, 5) is 0. The summed E-state index contributed by atoms with van der Waals surface area (Å²) in [5, 5.41) is 10.3. The second kappa shape index (κ2) is 7.84. The molecule has 0 spiro atoms. The van der Waals surface area contributed by atoms with Crippen LogP contribution in [0.2, 0.25) is 0 Å². The Morgan fingerprint density at radius 1 is 1.19 bits per heavy atom. The van der Waals surface area contributed by atoms with Crippen LogP contribution in [-0.2, 0) is 6.54 Å². The van der Waals surface area contributed by atoms with E-state index in [1.54, 1.807) is 0 Å². The molecule has 1 unspecified atom stereocenters. The minimum Gasteiger partial charge on any atom is -0.494 e. The molecule has 0 bridgehead atoms. The lowest BCUT2D eigenvalue weighted by Crippen LogP contribution is -2.17. The fraction of sp³-hybridized carbons (Fsp3) is 0.471. The predicted molar refractivity (Wildman–Crippen MR) is 85.2 cm³/mol. The van der Waals surface area contributed by atoms with Crippen molar-refractivity contribution in [2.75, 3.05) is 6.61 Å². The molecule has 4 heteroatoms. The molecule has 2 aromatic rings. The number of aromatic nitrogens is 2. The Labute approximate surface area is 126 Å². The molecule has 114 valence electrons. The summed E-state index contributed by atoms with van der Waals surface area (Å²) >= 11 is 0. The van der Waals surface area contributed by atoms with E-state index < -0.39 is 0 Å². The quantitative estimate of drug-likeness (QED) is 0.778. The van der Waals surface area contributed by atoms with Gasteiger partial charge in [-0.1, -0.05) is 26.0 Å². The Hall–Kier alpha value is -1.81. The Balaban J connectivity index is 1.77. The van der Waals surface area contributed by atoms with Crippen LogP contribution in [0.3, 0.4) is 0 Å². The number of hydrogen-bond acceptors (Lipinski definition) is 3. The average Bonchev–Trinajstić information content (AvgIpc) is 3.00. The van der Waals surface area contributed by atoms with Crippen molar-refractivity contribution in [2.24, 2.45) is 5.92 Å². The number of H-pyrrole nitrogens is 1. The van der Waals surface area contributed by atoms with Crippen molar-refractivity contribution in [1.29, 1.82) is 0 Å². The molecule has 0 aliphatic carbocycles. The molecule has 21 heavy (non-hydrogen) atoms. The van der Waals surface area contributed by atoms with E-state index in [0.29, 0.717) is 5.92 Å². The maximum atomic E-state index is 5.72. The molecule has 1 atom stereocenters. The molecule has 4 nitrogen and oxygen atoms in total. The molecule has 1 aromatic carbocycles. The molecule has 0 aliphatic rings. The third-order valence-electron chi connectivity index (χ3n) is 3.52. The highest BCUT2D eigenvalue weighted by atomic mass is 16.5. The highest BCUT2D eigenvalue weighted by molar-refractivity contribution is 5.27. The minimum absolute atomic E-state index is 0.283. The van der Waals surface area contributed by atoms with Gasteiger partial charge in [0.25, 0.3) is 0 Å². The monoisotopic (exact) mass is 287 g/mol. The van der Waals surface area contributed by atoms with Crippen LogP contribution in [0.15, 0.2) is 36.7 Å². The predicted octanol–water partition coefficient (Wildman–Crippen LogP) is 3.69. The summed E-state index contributed by atoms with van der Waals surface area (Å²) in [7, 11) is 0. The zero-order valence-corrected chi connectivity index (χ0v) is 13.1. The maximum Gasteiger partial charge on any atom is 0.119 e. The highest BCUT2D eigenvalue weighted by Crippen LogP contribution is 2.15. The number of benzene rings is 1. The van der Waals surface area contributed by atoms with Gasteiger partial charge >= 0.3 is 0 Å². The second-order valence-electron chi connectivity index (χ2n) is 5.81. The molecular weight excluding hydrogens is 262 g/mol. The fourth-order valence-corrected chi connectivity index (χ4v) is 2.00. The Morgan fingerprint density at radius 2 is 1.95 bits per heavy atom. The van der Waals surface area contributed by atoms with Crippen molar-refractivity contribution in [3.05, 3.63) is 47.8 Å². The molecule has 0 amide bonds. The van der Waals surface area contributed by atoms with Crippen LogP contribution in [-0.4, -0.2) is 16.8 Å². The third-order valence-corrected chi connectivity index (χ3v) is 3.52. The largest absolute Gasteiger partial charge is 0.494 e. The van der Waals surface area contributed by atoms with Crippen molar-refractivity contribution in [3.63, 3.8) is 0 Å². The smallest absolute Gasteiger partial charge is 0.119 e. The number of hydrogen-bond donors (Lipinski definition) is 2. The van der Waals surface area contributed by atoms with E-state index in [-0.39, 0.29) is 6.04 Å². The molecule has 2 N–H and O–H groups in total. The van der Waals surface area contributed by atoms with E-state index in [4.69, 9.17) is 4.74 Å². The summed E-state index contributed by atoms with van der Waals surface area (Å²) in [6.07, 6.45) is 4.86. The lowest BCUT2D eigenvalue weighted by Gasteiger charge is -2.12. The minimum atomic E-state index is 0.283. The van der Waals surface area contributed by atoms with Crippen LogP contribution in [0.1, 0.15) is 44.4 Å². The average molecular weight is 287 g/mol. The summed E-state index contributed by atoms with van der Waals surface area (Å²) in [5.41, 5.74) is 2.42. The van der Waals surface area contributed by atoms with Crippen molar-refractivity contribution < 1.29 is 4.74 Å². The van der Waals surface area contributed by atoms with Crippen molar-refractivity contribution >= 4 is 0 Å². The van der Waals surface area contributed by atoms with E-state index >= 15 is 0 Å². The molecule has 0 saturated heterocycles. The van der Waals surface area contributed by atoms with Crippen molar-refractivity contribution in [3.8, 4) is 5.75 Å². The molecule has 1 heterocycles. The first kappa shape index (κ1) is 15.6. The van der Waals surface area contributed by atoms with Gasteiger partial charge in [-0.3, -0.25) is 5.10 Å². The number of nitrogens with zero attached hydrogens (tertiary/aromatic N) is 1. The van der Waals surface area contributed by atoms with Gasteiger partial charge in [0, 0.05) is 24.3 Å². The van der Waals surface area contributed by atoms with Crippen molar-refractivity contribution in [2.45, 2.75) is 39.8 Å². The zero-order valence-electron chi connectivity index (χ0n) is 13.1. The van der Waals surface area contributed by atoms with E-state index in [0.717, 1.165) is 25.3 Å². The van der Waals surface area contributed by atoms with Gasteiger partial charge in [-0.25, -0.2) is 0 Å². The van der Waals surface area contributed by atoms with Crippen molar-refractivity contribution in [1.82, 2.24) is 15.5 Å². The van der Waals surface area contributed by atoms with Crippen LogP contribution in [0.4, 0.5) is 0 Å². The van der Waals surface area contributed by atoms with E-state index in [1.807, 2.05) is 24.5 Å². The topological polar surface area (TPSA) is 49.9 Å². The number of aromatic amines is 1. The molecule has 0 aliphatic heterocycles. The lowest BCUT2D eigenvalue weighted by atomic mass is 10.1. The third kappa shape index (κ3) is 5.23. The molecule has 0 fully saturated rings. The number of ether oxygens (including phenoxy) is 1. The van der Waals surface area contributed by atoms with Gasteiger partial charge in [0.1, 0.15) is 5.75 Å². The molecule has 0 saturated carbocycles. The van der Waals surface area contributed by atoms with Crippen LogP contribution in [0.25, 0.3) is 0 Å². The summed E-state index contributed by atoms with van der Waals surface area (Å²) < 4.78 is 5.72. The van der Waals surface area contributed by atoms with Gasteiger partial charge in [0.15, 0.2) is 0 Å². The standard InChI is InChI=1S/C17H25N3O/c1-13(2)8-9-21-17-6-4-15(5-7-17)10-18-14(3)16-11-19-20-12-16/h4-7,11-14,18H,8-10H2,1-3H3,(H,19,20). The number of rotatable bonds is 8. The Morgan fingerprint density at radius 3 is 2.57 bits per heavy atom. The van der Waals surface area contributed by atoms with Gasteiger partial charge < -0.3 is 10.1 Å². The van der Waals surface area contributed by atoms with E-state index in [9.17, 15) is 0 Å². The second-order valence-corrected chi connectivity index (χ2v) is 5.81. The van der Waals surface area contributed by atoms with Gasteiger partial charge in [0.05, 0.1) is 12.8 Å². The zero-order chi connectivity index (χ0) is 15.1. The van der Waals surface area contributed by atoms with Gasteiger partial charge in [0.2, 0.25) is 0 Å². The fourth-order valence-electron chi connectivity index (χ4n) is 2.00. The van der Waals surface area contributed by atoms with E-state index in [2.05, 4.69) is 48.4 Å². The summed E-state index contributed by atoms with van der Waals surface area (Å²) in [5.74, 6) is 1.63. The van der Waals surface area contributed by atoms with Crippen LogP contribution >= 0.6 is 0 Å². The molecular formula is C17H25N3O.